The number of methoxy groups -OCH3 is 1. The molecule has 0 spiro atoms. The Morgan fingerprint density at radius 1 is 1.12 bits per heavy atom. The highest BCUT2D eigenvalue weighted by atomic mass is 32.2. The van der Waals surface area contributed by atoms with Gasteiger partial charge < -0.3 is 9.64 Å². The van der Waals surface area contributed by atoms with Crippen molar-refractivity contribution in [1.82, 2.24) is 4.90 Å². The van der Waals surface area contributed by atoms with Crippen molar-refractivity contribution in [2.75, 3.05) is 26.0 Å². The molecular weight excluding hydrogens is 318 g/mol. The molecule has 1 atom stereocenters. The molecule has 0 bridgehead atoms. The van der Waals surface area contributed by atoms with Gasteiger partial charge in [0, 0.05) is 24.1 Å². The molecule has 24 heavy (non-hydrogen) atoms. The van der Waals surface area contributed by atoms with Crippen molar-refractivity contribution in [2.45, 2.75) is 18.1 Å². The van der Waals surface area contributed by atoms with Crippen LogP contribution in [0.25, 0.3) is 0 Å². The van der Waals surface area contributed by atoms with Crippen LogP contribution in [0.3, 0.4) is 0 Å². The van der Waals surface area contributed by atoms with Gasteiger partial charge in [0.1, 0.15) is 5.75 Å². The molecule has 4 heteroatoms. The second kappa shape index (κ2) is 8.25. The predicted molar refractivity (Wildman–Crippen MR) is 99.5 cm³/mol. The van der Waals surface area contributed by atoms with E-state index in [0.717, 1.165) is 36.6 Å². The molecule has 0 saturated carbocycles. The van der Waals surface area contributed by atoms with Gasteiger partial charge in [-0.3, -0.25) is 4.79 Å². The Morgan fingerprint density at radius 2 is 1.88 bits per heavy atom. The maximum atomic E-state index is 12.6. The molecule has 3 nitrogen and oxygen atoms in total. The highest BCUT2D eigenvalue weighted by Gasteiger charge is 2.22. The third-order valence-electron chi connectivity index (χ3n) is 4.38. The summed E-state index contributed by atoms with van der Waals surface area (Å²) < 4.78 is 5.16. The zero-order valence-electron chi connectivity index (χ0n) is 14.0. The average Bonchev–Trinajstić information content (AvgIpc) is 2.89. The summed E-state index contributed by atoms with van der Waals surface area (Å²) in [7, 11) is 1.65. The van der Waals surface area contributed by atoms with Crippen molar-refractivity contribution >= 4 is 17.7 Å². The van der Waals surface area contributed by atoms with E-state index in [9.17, 15) is 4.79 Å². The number of hydrogen-bond acceptors (Lipinski definition) is 3. The zero-order chi connectivity index (χ0) is 16.8. The highest BCUT2D eigenvalue weighted by molar-refractivity contribution is 7.99. The third kappa shape index (κ3) is 4.32. The maximum absolute atomic E-state index is 12.6. The van der Waals surface area contributed by atoms with E-state index in [1.165, 1.54) is 5.56 Å². The Bertz CT molecular complexity index is 657. The summed E-state index contributed by atoms with van der Waals surface area (Å²) >= 11 is 1.96. The van der Waals surface area contributed by atoms with Gasteiger partial charge in [0.05, 0.1) is 13.5 Å². The van der Waals surface area contributed by atoms with Crippen LogP contribution in [-0.4, -0.2) is 36.8 Å². The molecule has 0 N–H and O–H groups in total. The van der Waals surface area contributed by atoms with Crippen LogP contribution in [0.1, 0.15) is 22.8 Å². The van der Waals surface area contributed by atoms with Gasteiger partial charge in [-0.2, -0.15) is 11.8 Å². The van der Waals surface area contributed by atoms with Crippen molar-refractivity contribution < 1.29 is 9.53 Å². The molecule has 0 aromatic heterocycles. The topological polar surface area (TPSA) is 29.5 Å². The number of rotatable bonds is 4. The Kier molecular flexibility index (Phi) is 5.81. The lowest BCUT2D eigenvalue weighted by atomic mass is 10.1. The molecule has 1 saturated heterocycles. The standard InChI is InChI=1S/C20H23NO2S/c1-23-18-9-7-16(8-10-18)15-20(22)21-12-11-19(24-14-13-21)17-5-3-2-4-6-17/h2-10,19H,11-15H2,1H3. The van der Waals surface area contributed by atoms with Gasteiger partial charge in [-0.15, -0.1) is 0 Å². The molecule has 2 aromatic rings. The minimum atomic E-state index is 0.217. The number of thioether (sulfide) groups is 1. The summed E-state index contributed by atoms with van der Waals surface area (Å²) in [5, 5.41) is 0.491. The summed E-state index contributed by atoms with van der Waals surface area (Å²) in [5.74, 6) is 2.03. The molecule has 1 aliphatic rings. The first-order valence-electron chi connectivity index (χ1n) is 8.33. The normalized spacial score (nSPS) is 18.0. The van der Waals surface area contributed by atoms with E-state index < -0.39 is 0 Å². The fraction of sp³-hybridized carbons (Fsp3) is 0.350. The SMILES string of the molecule is COc1ccc(CC(=O)N2CCSC(c3ccccc3)CC2)cc1. The van der Waals surface area contributed by atoms with Crippen LogP contribution in [0.15, 0.2) is 54.6 Å². The lowest BCUT2D eigenvalue weighted by Crippen LogP contribution is -2.34. The quantitative estimate of drug-likeness (QED) is 0.843. The third-order valence-corrected chi connectivity index (χ3v) is 5.71. The fourth-order valence-corrected chi connectivity index (χ4v) is 4.22. The van der Waals surface area contributed by atoms with E-state index >= 15 is 0 Å². The summed E-state index contributed by atoms with van der Waals surface area (Å²) in [5.41, 5.74) is 2.41. The lowest BCUT2D eigenvalue weighted by Gasteiger charge is -2.20. The van der Waals surface area contributed by atoms with Crippen LogP contribution in [0.5, 0.6) is 5.75 Å². The molecule has 3 rings (SSSR count). The van der Waals surface area contributed by atoms with Gasteiger partial charge in [0.2, 0.25) is 5.91 Å². The number of carbonyl (C=O) groups excluding carboxylic acids is 1. The molecule has 1 aliphatic heterocycles. The van der Waals surface area contributed by atoms with Gasteiger partial charge in [0.25, 0.3) is 0 Å². The Morgan fingerprint density at radius 3 is 2.58 bits per heavy atom. The number of ether oxygens (including phenoxy) is 1. The van der Waals surface area contributed by atoms with E-state index in [0.29, 0.717) is 11.7 Å². The van der Waals surface area contributed by atoms with Crippen molar-refractivity contribution in [1.29, 1.82) is 0 Å². The fourth-order valence-electron chi connectivity index (χ4n) is 2.98. The van der Waals surface area contributed by atoms with E-state index in [1.807, 2.05) is 40.9 Å². The first-order valence-corrected chi connectivity index (χ1v) is 9.38. The largest absolute Gasteiger partial charge is 0.497 e. The Hall–Kier alpha value is -1.94. The van der Waals surface area contributed by atoms with Gasteiger partial charge in [-0.25, -0.2) is 0 Å². The minimum Gasteiger partial charge on any atom is -0.497 e. The maximum Gasteiger partial charge on any atom is 0.227 e. The van der Waals surface area contributed by atoms with Crippen LogP contribution in [-0.2, 0) is 11.2 Å². The Labute approximate surface area is 148 Å². The molecular formula is C20H23NO2S. The van der Waals surface area contributed by atoms with E-state index in [1.54, 1.807) is 7.11 Å². The first kappa shape index (κ1) is 16.9. The Balaban J connectivity index is 1.57. The van der Waals surface area contributed by atoms with Crippen LogP contribution in [0, 0.1) is 0 Å². The summed E-state index contributed by atoms with van der Waals surface area (Å²) in [4.78, 5) is 14.6. The van der Waals surface area contributed by atoms with Gasteiger partial charge in [0.15, 0.2) is 0 Å². The molecule has 126 valence electrons. The predicted octanol–water partition coefficient (Wildman–Crippen LogP) is 3.94. The van der Waals surface area contributed by atoms with Crippen LogP contribution < -0.4 is 4.74 Å². The monoisotopic (exact) mass is 341 g/mol. The molecule has 1 heterocycles. The number of benzene rings is 2. The van der Waals surface area contributed by atoms with Gasteiger partial charge in [-0.05, 0) is 29.7 Å². The van der Waals surface area contributed by atoms with E-state index in [-0.39, 0.29) is 5.91 Å². The summed E-state index contributed by atoms with van der Waals surface area (Å²) in [6, 6.07) is 18.4. The van der Waals surface area contributed by atoms with E-state index in [4.69, 9.17) is 4.74 Å². The first-order chi connectivity index (χ1) is 11.8. The van der Waals surface area contributed by atoms with Crippen molar-refractivity contribution in [3.63, 3.8) is 0 Å². The van der Waals surface area contributed by atoms with Crippen molar-refractivity contribution in [3.8, 4) is 5.75 Å². The van der Waals surface area contributed by atoms with Gasteiger partial charge >= 0.3 is 0 Å². The molecule has 1 unspecified atom stereocenters. The number of hydrogen-bond donors (Lipinski definition) is 0. The van der Waals surface area contributed by atoms with Crippen molar-refractivity contribution in [2.24, 2.45) is 0 Å². The second-order valence-electron chi connectivity index (χ2n) is 5.96. The zero-order valence-corrected chi connectivity index (χ0v) is 14.8. The highest BCUT2D eigenvalue weighted by Crippen LogP contribution is 2.34. The molecule has 2 aromatic carbocycles. The van der Waals surface area contributed by atoms with Gasteiger partial charge in [-0.1, -0.05) is 42.5 Å². The number of nitrogens with zero attached hydrogens (tertiary/aromatic N) is 1. The molecule has 0 aliphatic carbocycles. The second-order valence-corrected chi connectivity index (χ2v) is 7.28. The average molecular weight is 341 g/mol. The lowest BCUT2D eigenvalue weighted by molar-refractivity contribution is -0.130. The minimum absolute atomic E-state index is 0.217. The smallest absolute Gasteiger partial charge is 0.227 e. The van der Waals surface area contributed by atoms with Crippen LogP contribution in [0.4, 0.5) is 0 Å². The molecule has 1 amide bonds. The number of carbonyl (C=O) groups is 1. The van der Waals surface area contributed by atoms with Crippen molar-refractivity contribution in [3.05, 3.63) is 65.7 Å². The number of amides is 1. The van der Waals surface area contributed by atoms with E-state index in [2.05, 4.69) is 30.3 Å². The molecule has 0 radical (unpaired) electrons. The summed E-state index contributed by atoms with van der Waals surface area (Å²) in [6.45, 7) is 1.67. The van der Waals surface area contributed by atoms with Crippen LogP contribution >= 0.6 is 11.8 Å². The summed E-state index contributed by atoms with van der Waals surface area (Å²) in [6.07, 6.45) is 1.48. The molecule has 1 fully saturated rings. The van der Waals surface area contributed by atoms with Crippen LogP contribution in [0.2, 0.25) is 0 Å².